The summed E-state index contributed by atoms with van der Waals surface area (Å²) < 4.78 is 78.9. The van der Waals surface area contributed by atoms with Crippen LogP contribution in [-0.4, -0.2) is 36.5 Å². The first-order chi connectivity index (χ1) is 14.4. The molecule has 1 aliphatic rings. The molecule has 1 fully saturated rings. The average molecular weight is 485 g/mol. The first kappa shape index (κ1) is 23.7. The number of benzene rings is 2. The van der Waals surface area contributed by atoms with Crippen molar-refractivity contribution in [3.8, 4) is 0 Å². The molecule has 1 saturated heterocycles. The van der Waals surface area contributed by atoms with Gasteiger partial charge in [-0.3, -0.25) is 4.79 Å². The van der Waals surface area contributed by atoms with Crippen molar-refractivity contribution < 1.29 is 31.1 Å². The van der Waals surface area contributed by atoms with Gasteiger partial charge in [0.2, 0.25) is 0 Å². The van der Waals surface area contributed by atoms with Crippen molar-refractivity contribution in [1.29, 1.82) is 0 Å². The molecule has 1 heterocycles. The molecule has 3 rings (SSSR count). The number of halogens is 8. The molecule has 0 aliphatic carbocycles. The lowest BCUT2D eigenvalue weighted by Crippen LogP contribution is -2.54. The van der Waals surface area contributed by atoms with E-state index in [-0.39, 0.29) is 12.6 Å². The summed E-state index contributed by atoms with van der Waals surface area (Å²) in [6, 6.07) is 5.28. The first-order valence-corrected chi connectivity index (χ1v) is 9.87. The van der Waals surface area contributed by atoms with Crippen molar-refractivity contribution in [2.24, 2.45) is 0 Å². The third-order valence-electron chi connectivity index (χ3n) is 4.90. The van der Waals surface area contributed by atoms with Crippen LogP contribution in [0.4, 0.5) is 26.3 Å². The van der Waals surface area contributed by atoms with Crippen LogP contribution in [0.2, 0.25) is 10.0 Å². The highest BCUT2D eigenvalue weighted by Crippen LogP contribution is 2.36. The average Bonchev–Trinajstić information content (AvgIpc) is 2.69. The third-order valence-corrected chi connectivity index (χ3v) is 5.64. The number of piperazine rings is 1. The fraction of sp³-hybridized carbons (Fsp3) is 0.350. The minimum Gasteiger partial charge on any atom is -0.333 e. The number of nitrogens with one attached hydrogen (secondary N) is 1. The molecular weight excluding hydrogens is 469 g/mol. The molecule has 0 radical (unpaired) electrons. The summed E-state index contributed by atoms with van der Waals surface area (Å²) in [5.41, 5.74) is -2.99. The molecule has 0 spiro atoms. The van der Waals surface area contributed by atoms with Crippen LogP contribution in [0.5, 0.6) is 0 Å². The third kappa shape index (κ3) is 5.64. The molecule has 1 aliphatic heterocycles. The number of hydrogen-bond acceptors (Lipinski definition) is 2. The molecule has 0 saturated carbocycles. The highest BCUT2D eigenvalue weighted by atomic mass is 35.5. The van der Waals surface area contributed by atoms with Crippen LogP contribution in [0.15, 0.2) is 36.4 Å². The van der Waals surface area contributed by atoms with Crippen molar-refractivity contribution in [3.63, 3.8) is 0 Å². The fourth-order valence-electron chi connectivity index (χ4n) is 3.39. The smallest absolute Gasteiger partial charge is 0.333 e. The Morgan fingerprint density at radius 3 is 2.13 bits per heavy atom. The van der Waals surface area contributed by atoms with Gasteiger partial charge in [-0.2, -0.15) is 26.3 Å². The molecule has 31 heavy (non-hydrogen) atoms. The maximum Gasteiger partial charge on any atom is 0.416 e. The number of nitrogens with zero attached hydrogens (tertiary/aromatic N) is 1. The summed E-state index contributed by atoms with van der Waals surface area (Å²) in [5.74, 6) is -0.900. The molecule has 168 valence electrons. The maximum atomic E-state index is 13.2. The molecule has 2 aromatic carbocycles. The zero-order chi connectivity index (χ0) is 23.0. The lowest BCUT2D eigenvalue weighted by Gasteiger charge is -2.36. The number of carbonyl (C=O) groups excluding carboxylic acids is 1. The first-order valence-electron chi connectivity index (χ1n) is 9.11. The Hall–Kier alpha value is -1.97. The summed E-state index contributed by atoms with van der Waals surface area (Å²) in [6.45, 7) is 0.800. The molecule has 0 bridgehead atoms. The Labute approximate surface area is 183 Å². The summed E-state index contributed by atoms with van der Waals surface area (Å²) in [5, 5.41) is 3.71. The number of rotatable bonds is 3. The second-order valence-electron chi connectivity index (χ2n) is 7.10. The van der Waals surface area contributed by atoms with Gasteiger partial charge >= 0.3 is 12.4 Å². The molecule has 3 nitrogen and oxygen atoms in total. The van der Waals surface area contributed by atoms with E-state index in [2.05, 4.69) is 5.32 Å². The van der Waals surface area contributed by atoms with Gasteiger partial charge in [-0.25, -0.2) is 0 Å². The van der Waals surface area contributed by atoms with Crippen molar-refractivity contribution in [2.75, 3.05) is 19.6 Å². The maximum absolute atomic E-state index is 13.2. The highest BCUT2D eigenvalue weighted by molar-refractivity contribution is 6.42. The van der Waals surface area contributed by atoms with E-state index in [9.17, 15) is 31.1 Å². The molecular formula is C20H16Cl2F6N2O. The topological polar surface area (TPSA) is 32.3 Å². The van der Waals surface area contributed by atoms with Gasteiger partial charge in [0.05, 0.1) is 21.2 Å². The number of alkyl halides is 6. The zero-order valence-corrected chi connectivity index (χ0v) is 17.3. The number of carbonyl (C=O) groups is 1. The Balaban J connectivity index is 1.94. The van der Waals surface area contributed by atoms with E-state index in [1.807, 2.05) is 0 Å². The van der Waals surface area contributed by atoms with Crippen molar-refractivity contribution >= 4 is 29.1 Å². The molecule has 1 amide bonds. The van der Waals surface area contributed by atoms with Gasteiger partial charge < -0.3 is 10.2 Å². The second-order valence-corrected chi connectivity index (χ2v) is 7.92. The molecule has 1 N–H and O–H groups in total. The Kier molecular flexibility index (Phi) is 6.78. The van der Waals surface area contributed by atoms with Gasteiger partial charge in [0.15, 0.2) is 0 Å². The zero-order valence-electron chi connectivity index (χ0n) is 15.7. The summed E-state index contributed by atoms with van der Waals surface area (Å²) in [7, 11) is 0. The van der Waals surface area contributed by atoms with Crippen LogP contribution in [-0.2, 0) is 18.8 Å². The van der Waals surface area contributed by atoms with Gasteiger partial charge in [-0.05, 0) is 42.3 Å². The van der Waals surface area contributed by atoms with Gasteiger partial charge in [0.25, 0.3) is 5.91 Å². The molecule has 11 heteroatoms. The lowest BCUT2D eigenvalue weighted by atomic mass is 9.99. The summed E-state index contributed by atoms with van der Waals surface area (Å²) in [6.07, 6.45) is -9.76. The second kappa shape index (κ2) is 8.88. The molecule has 1 atom stereocenters. The summed E-state index contributed by atoms with van der Waals surface area (Å²) >= 11 is 11.9. The Morgan fingerprint density at radius 2 is 1.58 bits per heavy atom. The van der Waals surface area contributed by atoms with E-state index < -0.39 is 41.0 Å². The van der Waals surface area contributed by atoms with Crippen LogP contribution in [0.3, 0.4) is 0 Å². The molecule has 1 unspecified atom stereocenters. The van der Waals surface area contributed by atoms with Gasteiger partial charge in [-0.15, -0.1) is 0 Å². The Morgan fingerprint density at radius 1 is 0.968 bits per heavy atom. The Bertz CT molecular complexity index is 945. The van der Waals surface area contributed by atoms with Crippen LogP contribution < -0.4 is 5.32 Å². The standard InChI is InChI=1S/C20H16Cl2F6N2O/c21-16-2-1-11(6-17(16)22)5-15-10-29-3-4-30(15)18(31)12-7-13(19(23,24)25)9-14(8-12)20(26,27)28/h1-2,6-9,15,29H,3-5,10H2. The monoisotopic (exact) mass is 484 g/mol. The lowest BCUT2D eigenvalue weighted by molar-refractivity contribution is -0.143. The SMILES string of the molecule is O=C(c1cc(C(F)(F)F)cc(C(F)(F)F)c1)N1CCNCC1Cc1ccc(Cl)c(Cl)c1. The van der Waals surface area contributed by atoms with E-state index in [1.165, 1.54) is 4.90 Å². The van der Waals surface area contributed by atoms with E-state index >= 15 is 0 Å². The van der Waals surface area contributed by atoms with Crippen LogP contribution in [0.1, 0.15) is 27.0 Å². The van der Waals surface area contributed by atoms with Crippen molar-refractivity contribution in [1.82, 2.24) is 10.2 Å². The summed E-state index contributed by atoms with van der Waals surface area (Å²) in [4.78, 5) is 14.3. The minimum absolute atomic E-state index is 0.00172. The van der Waals surface area contributed by atoms with Crippen molar-refractivity contribution in [2.45, 2.75) is 24.8 Å². The number of hydrogen-bond donors (Lipinski definition) is 1. The van der Waals surface area contributed by atoms with E-state index in [0.717, 1.165) is 5.56 Å². The van der Waals surface area contributed by atoms with Crippen LogP contribution in [0.25, 0.3) is 0 Å². The molecule has 0 aromatic heterocycles. The predicted octanol–water partition coefficient (Wildman–Crippen LogP) is 5.69. The van der Waals surface area contributed by atoms with Gasteiger partial charge in [-0.1, -0.05) is 29.3 Å². The highest BCUT2D eigenvalue weighted by Gasteiger charge is 2.38. The van der Waals surface area contributed by atoms with Crippen molar-refractivity contribution in [3.05, 3.63) is 68.7 Å². The minimum atomic E-state index is -5.03. The largest absolute Gasteiger partial charge is 0.416 e. The quantitative estimate of drug-likeness (QED) is 0.567. The van der Waals surface area contributed by atoms with E-state index in [1.54, 1.807) is 18.2 Å². The van der Waals surface area contributed by atoms with Gasteiger partial charge in [0.1, 0.15) is 0 Å². The van der Waals surface area contributed by atoms with Crippen LogP contribution in [0, 0.1) is 0 Å². The molecule has 2 aromatic rings. The fourth-order valence-corrected chi connectivity index (χ4v) is 3.71. The predicted molar refractivity (Wildman–Crippen MR) is 104 cm³/mol. The normalized spacial score (nSPS) is 17.7. The van der Waals surface area contributed by atoms with E-state index in [4.69, 9.17) is 23.2 Å². The van der Waals surface area contributed by atoms with Crippen LogP contribution >= 0.6 is 23.2 Å². The van der Waals surface area contributed by atoms with Gasteiger partial charge in [0, 0.05) is 31.2 Å². The number of amides is 1. The van der Waals surface area contributed by atoms with E-state index in [0.29, 0.717) is 41.7 Å².